The molecule has 0 atom stereocenters. The Kier molecular flexibility index (Phi) is 6.97. The zero-order valence-corrected chi connectivity index (χ0v) is 17.9. The molecule has 0 saturated heterocycles. The van der Waals surface area contributed by atoms with Crippen LogP contribution in [0.3, 0.4) is 0 Å². The normalized spacial score (nSPS) is 11.0. The van der Waals surface area contributed by atoms with Gasteiger partial charge in [0.15, 0.2) is 0 Å². The number of ether oxygens (including phenoxy) is 1. The maximum Gasteiger partial charge on any atom is 0.241 e. The van der Waals surface area contributed by atoms with Gasteiger partial charge in [0, 0.05) is 11.6 Å². The van der Waals surface area contributed by atoms with E-state index in [4.69, 9.17) is 16.3 Å². The van der Waals surface area contributed by atoms with E-state index in [2.05, 4.69) is 5.32 Å². The van der Waals surface area contributed by atoms with Crippen LogP contribution in [0.1, 0.15) is 5.56 Å². The van der Waals surface area contributed by atoms with Crippen LogP contribution >= 0.6 is 11.6 Å². The first kappa shape index (κ1) is 21.7. The third-order valence-electron chi connectivity index (χ3n) is 4.23. The molecule has 8 heteroatoms. The Morgan fingerprint density at radius 3 is 2.17 bits per heavy atom. The van der Waals surface area contributed by atoms with Gasteiger partial charge in [-0.15, -0.1) is 0 Å². The topological polar surface area (TPSA) is 75.7 Å². The monoisotopic (exact) mass is 444 g/mol. The molecule has 0 bridgehead atoms. The van der Waals surface area contributed by atoms with Gasteiger partial charge < -0.3 is 10.1 Å². The molecule has 0 fully saturated rings. The van der Waals surface area contributed by atoms with Crippen LogP contribution in [0, 0.1) is 0 Å². The predicted octanol–water partition coefficient (Wildman–Crippen LogP) is 4.21. The summed E-state index contributed by atoms with van der Waals surface area (Å²) >= 11 is 6.09. The summed E-state index contributed by atoms with van der Waals surface area (Å²) in [5, 5.41) is 3.24. The molecule has 0 aliphatic carbocycles. The number of amides is 1. The first-order valence-corrected chi connectivity index (χ1v) is 11.4. The van der Waals surface area contributed by atoms with Gasteiger partial charge in [0.05, 0.1) is 11.9 Å². The third kappa shape index (κ3) is 5.98. The number of rotatable bonds is 8. The molecule has 0 aliphatic heterocycles. The van der Waals surface area contributed by atoms with E-state index in [1.807, 2.05) is 36.4 Å². The van der Waals surface area contributed by atoms with E-state index in [0.29, 0.717) is 22.2 Å². The van der Waals surface area contributed by atoms with Gasteiger partial charge in [0.25, 0.3) is 0 Å². The minimum atomic E-state index is -3.67. The first-order chi connectivity index (χ1) is 14.3. The highest BCUT2D eigenvalue weighted by Crippen LogP contribution is 2.25. The predicted molar refractivity (Wildman–Crippen MR) is 118 cm³/mol. The number of carbonyl (C=O) groups excluding carboxylic acids is 1. The van der Waals surface area contributed by atoms with Crippen molar-refractivity contribution in [3.8, 4) is 11.5 Å². The smallest absolute Gasteiger partial charge is 0.241 e. The summed E-state index contributed by atoms with van der Waals surface area (Å²) < 4.78 is 31.3. The van der Waals surface area contributed by atoms with Crippen LogP contribution in [0.2, 0.25) is 5.02 Å². The lowest BCUT2D eigenvalue weighted by Crippen LogP contribution is -2.40. The van der Waals surface area contributed by atoms with E-state index in [9.17, 15) is 13.2 Å². The molecule has 1 amide bonds. The number of hydrogen-bond acceptors (Lipinski definition) is 4. The second-order valence-electron chi connectivity index (χ2n) is 6.55. The zero-order valence-electron chi connectivity index (χ0n) is 16.3. The second-order valence-corrected chi connectivity index (χ2v) is 8.86. The van der Waals surface area contributed by atoms with Gasteiger partial charge in [0.1, 0.15) is 18.0 Å². The summed E-state index contributed by atoms with van der Waals surface area (Å²) in [7, 11) is -3.67. The highest BCUT2D eigenvalue weighted by molar-refractivity contribution is 7.92. The van der Waals surface area contributed by atoms with Crippen molar-refractivity contribution in [2.75, 3.05) is 17.1 Å². The minimum Gasteiger partial charge on any atom is -0.457 e. The molecule has 0 heterocycles. The number of anilines is 1. The number of benzene rings is 3. The molecule has 0 spiro atoms. The standard InChI is InChI=1S/C22H21ClN2O4S/c1-30(27,28)25(16-22(26)24-15-17-7-5-6-10-21(17)23)18-11-13-20(14-12-18)29-19-8-3-2-4-9-19/h2-14H,15-16H2,1H3,(H,24,26). The van der Waals surface area contributed by atoms with Crippen molar-refractivity contribution < 1.29 is 17.9 Å². The van der Waals surface area contributed by atoms with Gasteiger partial charge in [0.2, 0.25) is 15.9 Å². The maximum atomic E-state index is 12.4. The molecular weight excluding hydrogens is 424 g/mol. The number of nitrogens with one attached hydrogen (secondary N) is 1. The molecule has 0 unspecified atom stereocenters. The summed E-state index contributed by atoms with van der Waals surface area (Å²) in [6, 6.07) is 22.9. The lowest BCUT2D eigenvalue weighted by atomic mass is 10.2. The number of carbonyl (C=O) groups is 1. The second kappa shape index (κ2) is 9.65. The lowest BCUT2D eigenvalue weighted by molar-refractivity contribution is -0.119. The van der Waals surface area contributed by atoms with Gasteiger partial charge in [-0.2, -0.15) is 0 Å². The van der Waals surface area contributed by atoms with Gasteiger partial charge in [-0.05, 0) is 48.0 Å². The van der Waals surface area contributed by atoms with Crippen LogP contribution in [-0.2, 0) is 21.4 Å². The van der Waals surface area contributed by atoms with Crippen LogP contribution in [0.4, 0.5) is 5.69 Å². The number of para-hydroxylation sites is 1. The van der Waals surface area contributed by atoms with Crippen molar-refractivity contribution in [3.05, 3.63) is 89.4 Å². The average Bonchev–Trinajstić information content (AvgIpc) is 2.72. The van der Waals surface area contributed by atoms with Crippen LogP contribution in [0.15, 0.2) is 78.9 Å². The molecule has 0 aliphatic rings. The molecule has 30 heavy (non-hydrogen) atoms. The summed E-state index contributed by atoms with van der Waals surface area (Å²) in [5.41, 5.74) is 1.12. The highest BCUT2D eigenvalue weighted by Gasteiger charge is 2.21. The van der Waals surface area contributed by atoms with E-state index in [-0.39, 0.29) is 13.1 Å². The van der Waals surface area contributed by atoms with Gasteiger partial charge >= 0.3 is 0 Å². The van der Waals surface area contributed by atoms with Gasteiger partial charge in [-0.1, -0.05) is 48.0 Å². The third-order valence-corrected chi connectivity index (χ3v) is 5.73. The van der Waals surface area contributed by atoms with Crippen molar-refractivity contribution in [2.45, 2.75) is 6.54 Å². The summed E-state index contributed by atoms with van der Waals surface area (Å²) in [5.74, 6) is 0.788. The molecule has 156 valence electrons. The Bertz CT molecular complexity index is 1100. The minimum absolute atomic E-state index is 0.208. The zero-order chi connectivity index (χ0) is 21.6. The molecule has 0 radical (unpaired) electrons. The first-order valence-electron chi connectivity index (χ1n) is 9.14. The van der Waals surface area contributed by atoms with Crippen LogP contribution in [-0.4, -0.2) is 27.1 Å². The van der Waals surface area contributed by atoms with Gasteiger partial charge in [-0.3, -0.25) is 9.10 Å². The fourth-order valence-electron chi connectivity index (χ4n) is 2.73. The summed E-state index contributed by atoms with van der Waals surface area (Å²) in [6.07, 6.45) is 1.06. The molecule has 3 rings (SSSR count). The van der Waals surface area contributed by atoms with E-state index >= 15 is 0 Å². The van der Waals surface area contributed by atoms with Crippen molar-refractivity contribution in [3.63, 3.8) is 0 Å². The van der Waals surface area contributed by atoms with Crippen molar-refractivity contribution in [2.24, 2.45) is 0 Å². The van der Waals surface area contributed by atoms with Crippen molar-refractivity contribution in [1.29, 1.82) is 0 Å². The maximum absolute atomic E-state index is 12.4. The summed E-state index contributed by atoms with van der Waals surface area (Å²) in [6.45, 7) is -0.137. The molecule has 3 aromatic rings. The van der Waals surface area contributed by atoms with Crippen LogP contribution < -0.4 is 14.4 Å². The van der Waals surface area contributed by atoms with Gasteiger partial charge in [-0.25, -0.2) is 8.42 Å². The Morgan fingerprint density at radius 1 is 0.933 bits per heavy atom. The molecule has 0 aromatic heterocycles. The Labute approximate surface area is 181 Å². The highest BCUT2D eigenvalue weighted by atomic mass is 35.5. The van der Waals surface area contributed by atoms with Crippen LogP contribution in [0.5, 0.6) is 11.5 Å². The van der Waals surface area contributed by atoms with Crippen molar-refractivity contribution >= 4 is 33.2 Å². The fourth-order valence-corrected chi connectivity index (χ4v) is 3.79. The van der Waals surface area contributed by atoms with E-state index < -0.39 is 15.9 Å². The quantitative estimate of drug-likeness (QED) is 0.564. The lowest BCUT2D eigenvalue weighted by Gasteiger charge is -2.22. The summed E-state index contributed by atoms with van der Waals surface area (Å²) in [4.78, 5) is 12.4. The van der Waals surface area contributed by atoms with Crippen molar-refractivity contribution in [1.82, 2.24) is 5.32 Å². The fraction of sp³-hybridized carbons (Fsp3) is 0.136. The van der Waals surface area contributed by atoms with Crippen LogP contribution in [0.25, 0.3) is 0 Å². The number of nitrogens with zero attached hydrogens (tertiary/aromatic N) is 1. The van der Waals surface area contributed by atoms with E-state index in [1.165, 1.54) is 0 Å². The number of halogens is 1. The SMILES string of the molecule is CS(=O)(=O)N(CC(=O)NCc1ccccc1Cl)c1ccc(Oc2ccccc2)cc1. The molecule has 3 aromatic carbocycles. The molecular formula is C22H21ClN2O4S. The average molecular weight is 445 g/mol. The molecule has 0 saturated carbocycles. The Hall–Kier alpha value is -3.03. The number of hydrogen-bond donors (Lipinski definition) is 1. The Morgan fingerprint density at radius 2 is 1.53 bits per heavy atom. The van der Waals surface area contributed by atoms with E-state index in [0.717, 1.165) is 16.1 Å². The number of sulfonamides is 1. The Balaban J connectivity index is 1.68. The molecule has 6 nitrogen and oxygen atoms in total. The van der Waals surface area contributed by atoms with E-state index in [1.54, 1.807) is 42.5 Å². The largest absolute Gasteiger partial charge is 0.457 e. The molecule has 1 N–H and O–H groups in total.